The van der Waals surface area contributed by atoms with Gasteiger partial charge in [-0.1, -0.05) is 6.07 Å². The van der Waals surface area contributed by atoms with Crippen molar-refractivity contribution in [2.45, 2.75) is 25.4 Å². The minimum Gasteiger partial charge on any atom is -0.341 e. The second-order valence-electron chi connectivity index (χ2n) is 5.05. The first-order valence-corrected chi connectivity index (χ1v) is 7.06. The maximum absolute atomic E-state index is 4.31. The van der Waals surface area contributed by atoms with Gasteiger partial charge >= 0.3 is 0 Å². The molecule has 20 heavy (non-hydrogen) atoms. The molecule has 1 aliphatic rings. The zero-order valence-electron chi connectivity index (χ0n) is 11.4. The van der Waals surface area contributed by atoms with E-state index in [0.29, 0.717) is 6.04 Å². The number of pyridine rings is 1. The molecule has 0 spiro atoms. The summed E-state index contributed by atoms with van der Waals surface area (Å²) in [6.45, 7) is 2.91. The Hall–Kier alpha value is -2.01. The zero-order valence-corrected chi connectivity index (χ0v) is 11.4. The molecule has 2 aromatic heterocycles. The summed E-state index contributed by atoms with van der Waals surface area (Å²) in [6.07, 6.45) is 9.57. The van der Waals surface area contributed by atoms with Crippen molar-refractivity contribution in [3.63, 3.8) is 0 Å². The first-order chi connectivity index (χ1) is 9.92. The van der Waals surface area contributed by atoms with Gasteiger partial charge < -0.3 is 10.2 Å². The van der Waals surface area contributed by atoms with Gasteiger partial charge in [-0.2, -0.15) is 0 Å². The smallest absolute Gasteiger partial charge is 0.225 e. The summed E-state index contributed by atoms with van der Waals surface area (Å²) in [4.78, 5) is 15.0. The molecule has 1 aliphatic heterocycles. The van der Waals surface area contributed by atoms with Gasteiger partial charge in [-0.3, -0.25) is 4.98 Å². The van der Waals surface area contributed by atoms with Gasteiger partial charge in [-0.05, 0) is 30.5 Å². The Kier molecular flexibility index (Phi) is 4.18. The average Bonchev–Trinajstić information content (AvgIpc) is 2.55. The third kappa shape index (κ3) is 3.30. The summed E-state index contributed by atoms with van der Waals surface area (Å²) >= 11 is 0. The topological polar surface area (TPSA) is 53.9 Å². The van der Waals surface area contributed by atoms with Crippen molar-refractivity contribution in [2.24, 2.45) is 0 Å². The van der Waals surface area contributed by atoms with Crippen LogP contribution in [0.1, 0.15) is 18.4 Å². The molecule has 104 valence electrons. The van der Waals surface area contributed by atoms with Crippen LogP contribution in [0.2, 0.25) is 0 Å². The van der Waals surface area contributed by atoms with Crippen LogP contribution < -0.4 is 10.2 Å². The molecule has 0 aliphatic carbocycles. The monoisotopic (exact) mass is 269 g/mol. The highest BCUT2D eigenvalue weighted by Gasteiger charge is 2.20. The van der Waals surface area contributed by atoms with Gasteiger partial charge in [0.05, 0.1) is 0 Å². The minimum atomic E-state index is 0.565. The highest BCUT2D eigenvalue weighted by atomic mass is 15.3. The van der Waals surface area contributed by atoms with Gasteiger partial charge in [0, 0.05) is 50.5 Å². The van der Waals surface area contributed by atoms with Gasteiger partial charge in [0.1, 0.15) is 0 Å². The van der Waals surface area contributed by atoms with Gasteiger partial charge in [-0.15, -0.1) is 0 Å². The van der Waals surface area contributed by atoms with Crippen molar-refractivity contribution in [3.05, 3.63) is 48.5 Å². The molecule has 3 heterocycles. The first-order valence-electron chi connectivity index (χ1n) is 7.06. The summed E-state index contributed by atoms with van der Waals surface area (Å²) in [5.74, 6) is 0.846. The van der Waals surface area contributed by atoms with Crippen LogP contribution in [0.25, 0.3) is 0 Å². The van der Waals surface area contributed by atoms with Crippen molar-refractivity contribution >= 4 is 5.95 Å². The van der Waals surface area contributed by atoms with E-state index in [1.165, 1.54) is 5.56 Å². The first kappa shape index (κ1) is 13.0. The maximum Gasteiger partial charge on any atom is 0.225 e. The van der Waals surface area contributed by atoms with E-state index in [1.54, 1.807) is 12.4 Å². The summed E-state index contributed by atoms with van der Waals surface area (Å²) in [5.41, 5.74) is 1.24. The van der Waals surface area contributed by atoms with E-state index in [2.05, 4.69) is 31.2 Å². The highest BCUT2D eigenvalue weighted by Crippen LogP contribution is 2.15. The quantitative estimate of drug-likeness (QED) is 0.914. The third-order valence-electron chi connectivity index (χ3n) is 3.65. The number of anilines is 1. The van der Waals surface area contributed by atoms with Crippen LogP contribution in [0.5, 0.6) is 0 Å². The number of piperidine rings is 1. The molecule has 3 rings (SSSR count). The predicted molar refractivity (Wildman–Crippen MR) is 78.3 cm³/mol. The van der Waals surface area contributed by atoms with E-state index < -0.39 is 0 Å². The van der Waals surface area contributed by atoms with E-state index in [0.717, 1.165) is 38.4 Å². The second-order valence-corrected chi connectivity index (χ2v) is 5.05. The average molecular weight is 269 g/mol. The molecule has 1 fully saturated rings. The van der Waals surface area contributed by atoms with E-state index in [4.69, 9.17) is 0 Å². The van der Waals surface area contributed by atoms with E-state index in [1.807, 2.05) is 24.5 Å². The van der Waals surface area contributed by atoms with Crippen molar-refractivity contribution < 1.29 is 0 Å². The Morgan fingerprint density at radius 1 is 1.10 bits per heavy atom. The van der Waals surface area contributed by atoms with Gasteiger partial charge in [0.2, 0.25) is 5.95 Å². The van der Waals surface area contributed by atoms with Gasteiger partial charge in [0.25, 0.3) is 0 Å². The fraction of sp³-hybridized carbons (Fsp3) is 0.400. The highest BCUT2D eigenvalue weighted by molar-refractivity contribution is 5.29. The molecule has 5 heteroatoms. The van der Waals surface area contributed by atoms with Gasteiger partial charge in [0.15, 0.2) is 0 Å². The molecular formula is C15H19N5. The number of nitrogens with one attached hydrogen (secondary N) is 1. The summed E-state index contributed by atoms with van der Waals surface area (Å²) < 4.78 is 0. The molecule has 5 nitrogen and oxygen atoms in total. The van der Waals surface area contributed by atoms with Crippen molar-refractivity contribution in [1.29, 1.82) is 0 Å². The van der Waals surface area contributed by atoms with Gasteiger partial charge in [-0.25, -0.2) is 9.97 Å². The molecule has 0 saturated carbocycles. The lowest BCUT2D eigenvalue weighted by Crippen LogP contribution is -2.42. The predicted octanol–water partition coefficient (Wildman–Crippen LogP) is 1.63. The number of aromatic nitrogens is 3. The Balaban J connectivity index is 1.47. The van der Waals surface area contributed by atoms with Crippen LogP contribution >= 0.6 is 0 Å². The normalized spacial score (nSPS) is 16.3. The molecule has 0 aromatic carbocycles. The van der Waals surface area contributed by atoms with Crippen molar-refractivity contribution in [1.82, 2.24) is 20.3 Å². The fourth-order valence-corrected chi connectivity index (χ4v) is 2.50. The SMILES string of the molecule is c1cnc(N2CCC(NCc3cccnc3)CC2)nc1. The molecule has 0 atom stereocenters. The molecule has 0 radical (unpaired) electrons. The van der Waals surface area contributed by atoms with Crippen molar-refractivity contribution in [2.75, 3.05) is 18.0 Å². The zero-order chi connectivity index (χ0) is 13.6. The molecule has 2 aromatic rings. The van der Waals surface area contributed by atoms with E-state index in [9.17, 15) is 0 Å². The summed E-state index contributed by atoms with van der Waals surface area (Å²) in [7, 11) is 0. The second kappa shape index (κ2) is 6.43. The van der Waals surface area contributed by atoms with Crippen LogP contribution in [-0.2, 0) is 6.54 Å². The van der Waals surface area contributed by atoms with Crippen molar-refractivity contribution in [3.8, 4) is 0 Å². The number of nitrogens with zero attached hydrogens (tertiary/aromatic N) is 4. The minimum absolute atomic E-state index is 0.565. The van der Waals surface area contributed by atoms with Crippen LogP contribution in [0.15, 0.2) is 43.0 Å². The fourth-order valence-electron chi connectivity index (χ4n) is 2.50. The Morgan fingerprint density at radius 2 is 1.90 bits per heavy atom. The van der Waals surface area contributed by atoms with Crippen LogP contribution in [0.4, 0.5) is 5.95 Å². The Bertz CT molecular complexity index is 508. The molecule has 1 N–H and O–H groups in total. The van der Waals surface area contributed by atoms with Crippen LogP contribution in [-0.4, -0.2) is 34.1 Å². The molecule has 1 saturated heterocycles. The lowest BCUT2D eigenvalue weighted by Gasteiger charge is -2.32. The lowest BCUT2D eigenvalue weighted by atomic mass is 10.1. The maximum atomic E-state index is 4.31. The molecule has 0 unspecified atom stereocenters. The van der Waals surface area contributed by atoms with Crippen LogP contribution in [0.3, 0.4) is 0 Å². The number of hydrogen-bond acceptors (Lipinski definition) is 5. The molecule has 0 amide bonds. The molecular weight excluding hydrogens is 250 g/mol. The lowest BCUT2D eigenvalue weighted by molar-refractivity contribution is 0.411. The molecule has 0 bridgehead atoms. The standard InChI is InChI=1S/C15H19N5/c1-3-13(11-16-6-1)12-19-14-4-9-20(10-5-14)15-17-7-2-8-18-15/h1-3,6-8,11,14,19H,4-5,9-10,12H2. The van der Waals surface area contributed by atoms with Crippen LogP contribution in [0, 0.1) is 0 Å². The third-order valence-corrected chi connectivity index (χ3v) is 3.65. The van der Waals surface area contributed by atoms with E-state index in [-0.39, 0.29) is 0 Å². The summed E-state index contributed by atoms with van der Waals surface area (Å²) in [5, 5.41) is 3.60. The largest absolute Gasteiger partial charge is 0.341 e. The Morgan fingerprint density at radius 3 is 2.60 bits per heavy atom. The summed E-state index contributed by atoms with van der Waals surface area (Å²) in [6, 6.07) is 6.50. The van der Waals surface area contributed by atoms with E-state index >= 15 is 0 Å². The number of hydrogen-bond donors (Lipinski definition) is 1. The number of rotatable bonds is 4. The Labute approximate surface area is 119 Å².